The Labute approximate surface area is 140 Å². The normalized spacial score (nSPS) is 10.5. The zero-order valence-corrected chi connectivity index (χ0v) is 14.1. The molecule has 0 aliphatic carbocycles. The van der Waals surface area contributed by atoms with E-state index < -0.39 is 5.82 Å². The third-order valence-corrected chi connectivity index (χ3v) is 3.53. The highest BCUT2D eigenvalue weighted by Crippen LogP contribution is 2.14. The largest absolute Gasteiger partial charge is 0.347 e. The highest BCUT2D eigenvalue weighted by atomic mass is 19.1. The molecule has 2 amide bonds. The molecular formula is C17H21FN4O2. The predicted molar refractivity (Wildman–Crippen MR) is 88.4 cm³/mol. The van der Waals surface area contributed by atoms with Crippen molar-refractivity contribution in [2.45, 2.75) is 13.3 Å². The monoisotopic (exact) mass is 332 g/mol. The molecule has 7 heteroatoms. The average molecular weight is 332 g/mol. The summed E-state index contributed by atoms with van der Waals surface area (Å²) in [7, 11) is 3.29. The second kappa shape index (κ2) is 7.72. The molecule has 0 fully saturated rings. The summed E-state index contributed by atoms with van der Waals surface area (Å²) in [6, 6.07) is 6.19. The summed E-state index contributed by atoms with van der Waals surface area (Å²) < 4.78 is 15.1. The van der Waals surface area contributed by atoms with Crippen LogP contribution in [-0.2, 0) is 4.79 Å². The van der Waals surface area contributed by atoms with Gasteiger partial charge in [-0.3, -0.25) is 9.59 Å². The molecule has 6 nitrogen and oxygen atoms in total. The molecule has 0 saturated carbocycles. The van der Waals surface area contributed by atoms with Crippen LogP contribution in [0.3, 0.4) is 0 Å². The molecule has 0 aliphatic rings. The smallest absolute Gasteiger partial charge is 0.257 e. The summed E-state index contributed by atoms with van der Waals surface area (Å²) in [4.78, 5) is 27.4. The maximum atomic E-state index is 13.8. The highest BCUT2D eigenvalue weighted by molar-refractivity contribution is 5.96. The first kappa shape index (κ1) is 17.7. The van der Waals surface area contributed by atoms with Crippen LogP contribution in [0.25, 0.3) is 5.69 Å². The maximum Gasteiger partial charge on any atom is 0.257 e. The van der Waals surface area contributed by atoms with Crippen molar-refractivity contribution in [2.24, 2.45) is 0 Å². The van der Waals surface area contributed by atoms with Crippen molar-refractivity contribution in [3.63, 3.8) is 0 Å². The summed E-state index contributed by atoms with van der Waals surface area (Å²) in [5.41, 5.74) is 0.584. The molecule has 24 heavy (non-hydrogen) atoms. The van der Waals surface area contributed by atoms with Gasteiger partial charge in [0.15, 0.2) is 0 Å². The van der Waals surface area contributed by atoms with E-state index in [-0.39, 0.29) is 24.0 Å². The molecule has 2 rings (SSSR count). The Bertz CT molecular complexity index is 727. The van der Waals surface area contributed by atoms with Crippen LogP contribution in [0, 0.1) is 5.82 Å². The fourth-order valence-electron chi connectivity index (χ4n) is 2.21. The highest BCUT2D eigenvalue weighted by Gasteiger charge is 2.21. The Hall–Kier alpha value is -2.70. The van der Waals surface area contributed by atoms with Crippen molar-refractivity contribution >= 4 is 11.8 Å². The van der Waals surface area contributed by atoms with E-state index in [2.05, 4.69) is 5.10 Å². The fraction of sp³-hybridized carbons (Fsp3) is 0.353. The average Bonchev–Trinajstić information content (AvgIpc) is 3.03. The van der Waals surface area contributed by atoms with Crippen LogP contribution in [0.5, 0.6) is 0 Å². The molecule has 0 N–H and O–H groups in total. The molecule has 0 saturated heterocycles. The van der Waals surface area contributed by atoms with Crippen molar-refractivity contribution < 1.29 is 14.0 Å². The van der Waals surface area contributed by atoms with Crippen LogP contribution < -0.4 is 0 Å². The van der Waals surface area contributed by atoms with Crippen molar-refractivity contribution in [3.8, 4) is 5.69 Å². The quantitative estimate of drug-likeness (QED) is 0.812. The lowest BCUT2D eigenvalue weighted by molar-refractivity contribution is -0.129. The van der Waals surface area contributed by atoms with Crippen molar-refractivity contribution in [2.75, 3.05) is 27.2 Å². The van der Waals surface area contributed by atoms with E-state index in [4.69, 9.17) is 0 Å². The molecule has 0 radical (unpaired) electrons. The minimum absolute atomic E-state index is 0.00452. The third kappa shape index (κ3) is 3.98. The zero-order valence-electron chi connectivity index (χ0n) is 14.1. The Morgan fingerprint density at radius 1 is 1.25 bits per heavy atom. The first-order valence-electron chi connectivity index (χ1n) is 7.73. The number of carbonyl (C=O) groups is 2. The van der Waals surface area contributed by atoms with Gasteiger partial charge in [-0.15, -0.1) is 0 Å². The second-order valence-corrected chi connectivity index (χ2v) is 5.64. The number of halogens is 1. The molecule has 1 heterocycles. The van der Waals surface area contributed by atoms with E-state index in [1.165, 1.54) is 32.9 Å². The molecule has 0 unspecified atom stereocenters. The summed E-state index contributed by atoms with van der Waals surface area (Å²) in [6.07, 6.45) is 3.59. The summed E-state index contributed by atoms with van der Waals surface area (Å²) >= 11 is 0. The van der Waals surface area contributed by atoms with Crippen LogP contribution in [0.4, 0.5) is 4.39 Å². The molecule has 128 valence electrons. The first-order valence-corrected chi connectivity index (χ1v) is 7.73. The molecule has 1 aromatic heterocycles. The van der Waals surface area contributed by atoms with E-state index >= 15 is 0 Å². The Kier molecular flexibility index (Phi) is 5.68. The molecule has 0 spiro atoms. The van der Waals surface area contributed by atoms with Crippen LogP contribution in [0.1, 0.15) is 23.7 Å². The molecule has 0 bridgehead atoms. The Morgan fingerprint density at radius 2 is 1.96 bits per heavy atom. The summed E-state index contributed by atoms with van der Waals surface area (Å²) in [6.45, 7) is 2.40. The van der Waals surface area contributed by atoms with E-state index in [0.29, 0.717) is 12.1 Å². The number of amides is 2. The molecular weight excluding hydrogens is 311 g/mol. The van der Waals surface area contributed by atoms with Gasteiger partial charge < -0.3 is 9.80 Å². The van der Waals surface area contributed by atoms with Gasteiger partial charge in [-0.05, 0) is 18.6 Å². The van der Waals surface area contributed by atoms with Gasteiger partial charge in [-0.2, -0.15) is 5.10 Å². The van der Waals surface area contributed by atoms with Gasteiger partial charge in [0.05, 0.1) is 11.8 Å². The van der Waals surface area contributed by atoms with Crippen LogP contribution in [0.2, 0.25) is 0 Å². The summed E-state index contributed by atoms with van der Waals surface area (Å²) in [5, 5.41) is 4.06. The SMILES string of the molecule is CCCN(CC(=O)N(C)C)C(=O)c1cnn(-c2ccccc2F)c1. The number of rotatable bonds is 6. The fourth-order valence-corrected chi connectivity index (χ4v) is 2.21. The number of carbonyl (C=O) groups excluding carboxylic acids is 2. The Morgan fingerprint density at radius 3 is 2.58 bits per heavy atom. The molecule has 0 aliphatic heterocycles. The lowest BCUT2D eigenvalue weighted by Crippen LogP contribution is -2.40. The topological polar surface area (TPSA) is 58.4 Å². The standard InChI is InChI=1S/C17H21FN4O2/c1-4-9-21(12-16(23)20(2)3)17(24)13-10-19-22(11-13)15-8-6-5-7-14(15)18/h5-8,10-11H,4,9,12H2,1-3H3. The molecule has 2 aromatic rings. The van der Waals surface area contributed by atoms with Gasteiger partial charge in [-0.1, -0.05) is 19.1 Å². The number of hydrogen-bond donors (Lipinski definition) is 0. The number of likely N-dealkylation sites (N-methyl/N-ethyl adjacent to an activating group) is 1. The molecule has 1 aromatic carbocycles. The zero-order chi connectivity index (χ0) is 17.7. The van der Waals surface area contributed by atoms with Crippen molar-refractivity contribution in [1.29, 1.82) is 0 Å². The van der Waals surface area contributed by atoms with Crippen molar-refractivity contribution in [1.82, 2.24) is 19.6 Å². The number of para-hydroxylation sites is 1. The maximum absolute atomic E-state index is 13.8. The lowest BCUT2D eigenvalue weighted by atomic mass is 10.2. The Balaban J connectivity index is 2.22. The third-order valence-electron chi connectivity index (χ3n) is 3.53. The number of benzene rings is 1. The van der Waals surface area contributed by atoms with Crippen molar-refractivity contribution in [3.05, 3.63) is 48.0 Å². The summed E-state index contributed by atoms with van der Waals surface area (Å²) in [5.74, 6) is -0.874. The van der Waals surface area contributed by atoms with Gasteiger partial charge in [0.2, 0.25) is 5.91 Å². The first-order chi connectivity index (χ1) is 11.4. The van der Waals surface area contributed by atoms with E-state index in [1.807, 2.05) is 6.92 Å². The minimum atomic E-state index is -0.423. The number of nitrogens with zero attached hydrogens (tertiary/aromatic N) is 4. The van der Waals surface area contributed by atoms with Gasteiger partial charge in [0.1, 0.15) is 18.0 Å². The van der Waals surface area contributed by atoms with Crippen LogP contribution >= 0.6 is 0 Å². The minimum Gasteiger partial charge on any atom is -0.347 e. The van der Waals surface area contributed by atoms with Gasteiger partial charge in [0, 0.05) is 26.8 Å². The second-order valence-electron chi connectivity index (χ2n) is 5.64. The van der Waals surface area contributed by atoms with E-state index in [0.717, 1.165) is 6.42 Å². The molecule has 0 atom stereocenters. The van der Waals surface area contributed by atoms with Crippen LogP contribution in [0.15, 0.2) is 36.7 Å². The van der Waals surface area contributed by atoms with Gasteiger partial charge in [-0.25, -0.2) is 9.07 Å². The van der Waals surface area contributed by atoms with Gasteiger partial charge >= 0.3 is 0 Å². The van der Waals surface area contributed by atoms with E-state index in [9.17, 15) is 14.0 Å². The van der Waals surface area contributed by atoms with Gasteiger partial charge in [0.25, 0.3) is 5.91 Å². The number of aromatic nitrogens is 2. The lowest BCUT2D eigenvalue weighted by Gasteiger charge is -2.22. The number of hydrogen-bond acceptors (Lipinski definition) is 3. The van der Waals surface area contributed by atoms with Crippen LogP contribution in [-0.4, -0.2) is 58.6 Å². The van der Waals surface area contributed by atoms with E-state index in [1.54, 1.807) is 32.3 Å². The predicted octanol–water partition coefficient (Wildman–Crippen LogP) is 1.95.